The number of hydrogen-bond acceptors (Lipinski definition) is 4. The Bertz CT molecular complexity index is 808. The summed E-state index contributed by atoms with van der Waals surface area (Å²) >= 11 is 3.17. The maximum atomic E-state index is 13.6. The molecule has 1 N–H and O–H groups in total. The Balaban J connectivity index is 1.77. The van der Waals surface area contributed by atoms with Gasteiger partial charge in [-0.2, -0.15) is 0 Å². The van der Waals surface area contributed by atoms with E-state index in [1.54, 1.807) is 25.4 Å². The Kier molecular flexibility index (Phi) is 4.20. The Morgan fingerprint density at radius 2 is 2.09 bits per heavy atom. The van der Waals surface area contributed by atoms with Gasteiger partial charge < -0.3 is 10.1 Å². The van der Waals surface area contributed by atoms with Crippen molar-refractivity contribution in [1.82, 2.24) is 9.97 Å². The van der Waals surface area contributed by atoms with Crippen LogP contribution in [0.15, 0.2) is 47.1 Å². The second-order valence-electron chi connectivity index (χ2n) is 4.72. The van der Waals surface area contributed by atoms with E-state index in [4.69, 9.17) is 4.74 Å². The highest BCUT2D eigenvalue weighted by Gasteiger charge is 2.04. The van der Waals surface area contributed by atoms with Crippen LogP contribution >= 0.6 is 15.9 Å². The number of nitrogens with zero attached hydrogens (tertiary/aromatic N) is 2. The van der Waals surface area contributed by atoms with E-state index in [1.165, 1.54) is 6.07 Å². The number of pyridine rings is 2. The monoisotopic (exact) mass is 361 g/mol. The van der Waals surface area contributed by atoms with Crippen LogP contribution in [0.1, 0.15) is 5.56 Å². The van der Waals surface area contributed by atoms with Crippen molar-refractivity contribution in [3.05, 3.63) is 58.4 Å². The summed E-state index contributed by atoms with van der Waals surface area (Å²) in [4.78, 5) is 8.55. The van der Waals surface area contributed by atoms with Gasteiger partial charge in [0.2, 0.25) is 5.88 Å². The third kappa shape index (κ3) is 3.17. The lowest BCUT2D eigenvalue weighted by Crippen LogP contribution is -2.02. The molecular weight excluding hydrogens is 349 g/mol. The van der Waals surface area contributed by atoms with Gasteiger partial charge in [-0.3, -0.25) is 0 Å². The van der Waals surface area contributed by atoms with Crippen LogP contribution in [0.25, 0.3) is 10.9 Å². The van der Waals surface area contributed by atoms with E-state index in [9.17, 15) is 4.39 Å². The lowest BCUT2D eigenvalue weighted by Gasteiger charge is -2.08. The van der Waals surface area contributed by atoms with Gasteiger partial charge in [0.1, 0.15) is 11.6 Å². The maximum Gasteiger partial charge on any atom is 0.212 e. The van der Waals surface area contributed by atoms with E-state index in [2.05, 4.69) is 31.2 Å². The van der Waals surface area contributed by atoms with Gasteiger partial charge in [-0.15, -0.1) is 0 Å². The molecule has 6 heteroatoms. The fraction of sp³-hybridized carbons (Fsp3) is 0.125. The Morgan fingerprint density at radius 1 is 1.23 bits per heavy atom. The number of methoxy groups -OCH3 is 1. The summed E-state index contributed by atoms with van der Waals surface area (Å²) in [6.07, 6.45) is 1.74. The molecule has 3 aromatic rings. The van der Waals surface area contributed by atoms with E-state index in [-0.39, 0.29) is 5.82 Å². The minimum atomic E-state index is -0.323. The molecule has 0 saturated heterocycles. The number of aromatic nitrogens is 2. The Hall–Kier alpha value is -2.21. The molecule has 0 saturated carbocycles. The smallest absolute Gasteiger partial charge is 0.212 e. The summed E-state index contributed by atoms with van der Waals surface area (Å²) in [6, 6.07) is 10.6. The van der Waals surface area contributed by atoms with Crippen molar-refractivity contribution in [3.8, 4) is 5.88 Å². The van der Waals surface area contributed by atoms with Gasteiger partial charge in [-0.05, 0) is 39.7 Å². The first-order valence-electron chi connectivity index (χ1n) is 6.64. The largest absolute Gasteiger partial charge is 0.481 e. The lowest BCUT2D eigenvalue weighted by molar-refractivity contribution is 0.397. The van der Waals surface area contributed by atoms with Crippen molar-refractivity contribution in [2.45, 2.75) is 6.54 Å². The van der Waals surface area contributed by atoms with Crippen LogP contribution in [-0.2, 0) is 6.54 Å². The van der Waals surface area contributed by atoms with E-state index in [1.807, 2.05) is 18.2 Å². The van der Waals surface area contributed by atoms with Crippen LogP contribution in [0, 0.1) is 5.82 Å². The summed E-state index contributed by atoms with van der Waals surface area (Å²) in [7, 11) is 1.58. The molecule has 22 heavy (non-hydrogen) atoms. The molecule has 112 valence electrons. The first-order valence-corrected chi connectivity index (χ1v) is 7.43. The molecule has 2 heterocycles. The summed E-state index contributed by atoms with van der Waals surface area (Å²) in [5, 5.41) is 4.08. The average Bonchev–Trinajstić information content (AvgIpc) is 2.54. The van der Waals surface area contributed by atoms with Crippen LogP contribution in [-0.4, -0.2) is 17.1 Å². The molecule has 0 amide bonds. The summed E-state index contributed by atoms with van der Waals surface area (Å²) in [6.45, 7) is 0.578. The Morgan fingerprint density at radius 3 is 2.82 bits per heavy atom. The van der Waals surface area contributed by atoms with E-state index < -0.39 is 0 Å². The number of benzene rings is 1. The number of nitrogens with one attached hydrogen (secondary N) is 1. The van der Waals surface area contributed by atoms with Gasteiger partial charge in [-0.1, -0.05) is 6.07 Å². The normalized spacial score (nSPS) is 10.7. The third-order valence-corrected chi connectivity index (χ3v) is 3.82. The number of halogens is 2. The van der Waals surface area contributed by atoms with Crippen LogP contribution in [0.3, 0.4) is 0 Å². The molecule has 0 radical (unpaired) electrons. The number of ether oxygens (including phenoxy) is 1. The van der Waals surface area contributed by atoms with Gasteiger partial charge in [0, 0.05) is 30.3 Å². The Labute approximate surface area is 135 Å². The summed E-state index contributed by atoms with van der Waals surface area (Å²) in [5.41, 5.74) is 1.61. The fourth-order valence-corrected chi connectivity index (χ4v) is 2.41. The van der Waals surface area contributed by atoms with Crippen molar-refractivity contribution in [2.24, 2.45) is 0 Å². The van der Waals surface area contributed by atoms with Crippen LogP contribution in [0.4, 0.5) is 10.2 Å². The van der Waals surface area contributed by atoms with E-state index in [0.717, 1.165) is 10.9 Å². The van der Waals surface area contributed by atoms with Crippen molar-refractivity contribution in [3.63, 3.8) is 0 Å². The number of hydrogen-bond donors (Lipinski definition) is 1. The number of rotatable bonds is 4. The van der Waals surface area contributed by atoms with Crippen LogP contribution < -0.4 is 10.1 Å². The molecule has 0 unspecified atom stereocenters. The van der Waals surface area contributed by atoms with Gasteiger partial charge in [-0.25, -0.2) is 14.4 Å². The molecule has 0 fully saturated rings. The van der Waals surface area contributed by atoms with Gasteiger partial charge >= 0.3 is 0 Å². The molecule has 4 nitrogen and oxygen atoms in total. The second-order valence-corrected chi connectivity index (χ2v) is 5.57. The highest BCUT2D eigenvalue weighted by atomic mass is 79.9. The standard InChI is InChI=1S/C16H13BrFN3O/c1-22-16-5-2-10(9-20-16)8-19-15-4-3-11-6-12(17)13(18)7-14(11)21-15/h2-7,9H,8H2,1H3,(H,19,21). The lowest BCUT2D eigenvalue weighted by atomic mass is 10.2. The summed E-state index contributed by atoms with van der Waals surface area (Å²) in [5.74, 6) is 0.940. The van der Waals surface area contributed by atoms with Gasteiger partial charge in [0.25, 0.3) is 0 Å². The van der Waals surface area contributed by atoms with Crippen molar-refractivity contribution < 1.29 is 9.13 Å². The van der Waals surface area contributed by atoms with Crippen molar-refractivity contribution >= 4 is 32.7 Å². The first kappa shape index (κ1) is 14.7. The quantitative estimate of drug-likeness (QED) is 0.758. The second kappa shape index (κ2) is 6.27. The molecule has 2 aromatic heterocycles. The highest BCUT2D eigenvalue weighted by Crippen LogP contribution is 2.23. The number of fused-ring (bicyclic) bond motifs is 1. The molecule has 0 spiro atoms. The van der Waals surface area contributed by atoms with Crippen molar-refractivity contribution in [1.29, 1.82) is 0 Å². The molecular formula is C16H13BrFN3O. The summed E-state index contributed by atoms with van der Waals surface area (Å²) < 4.78 is 19.0. The predicted octanol–water partition coefficient (Wildman–Crippen LogP) is 4.15. The molecule has 0 atom stereocenters. The van der Waals surface area contributed by atoms with Gasteiger partial charge in [0.05, 0.1) is 17.1 Å². The first-order chi connectivity index (χ1) is 10.7. The molecule has 3 rings (SSSR count). The molecule has 0 aliphatic heterocycles. The topological polar surface area (TPSA) is 47.0 Å². The zero-order chi connectivity index (χ0) is 15.5. The van der Waals surface area contributed by atoms with Gasteiger partial charge in [0.15, 0.2) is 0 Å². The average molecular weight is 362 g/mol. The number of anilines is 1. The molecule has 0 aliphatic carbocycles. The minimum Gasteiger partial charge on any atom is -0.481 e. The highest BCUT2D eigenvalue weighted by molar-refractivity contribution is 9.10. The zero-order valence-corrected chi connectivity index (χ0v) is 13.4. The fourth-order valence-electron chi connectivity index (χ4n) is 2.05. The maximum absolute atomic E-state index is 13.6. The predicted molar refractivity (Wildman–Crippen MR) is 87.5 cm³/mol. The molecule has 1 aromatic carbocycles. The third-order valence-electron chi connectivity index (χ3n) is 3.21. The van der Waals surface area contributed by atoms with E-state index in [0.29, 0.717) is 28.2 Å². The SMILES string of the molecule is COc1ccc(CNc2ccc3cc(Br)c(F)cc3n2)cn1. The van der Waals surface area contributed by atoms with Crippen LogP contribution in [0.5, 0.6) is 5.88 Å². The van der Waals surface area contributed by atoms with E-state index >= 15 is 0 Å². The molecule has 0 aliphatic rings. The molecule has 0 bridgehead atoms. The van der Waals surface area contributed by atoms with Crippen molar-refractivity contribution in [2.75, 3.05) is 12.4 Å². The van der Waals surface area contributed by atoms with Crippen LogP contribution in [0.2, 0.25) is 0 Å². The zero-order valence-electron chi connectivity index (χ0n) is 11.8. The minimum absolute atomic E-state index is 0.323.